The second-order valence-electron chi connectivity index (χ2n) is 5.69. The minimum Gasteiger partial charge on any atom is -0.481 e. The van der Waals surface area contributed by atoms with Gasteiger partial charge < -0.3 is 14.5 Å². The van der Waals surface area contributed by atoms with Gasteiger partial charge in [-0.3, -0.25) is 4.79 Å². The Labute approximate surface area is 140 Å². The zero-order valence-corrected chi connectivity index (χ0v) is 14.0. The maximum absolute atomic E-state index is 12.2. The van der Waals surface area contributed by atoms with Crippen LogP contribution in [0, 0.1) is 13.8 Å². The molecule has 0 bridgehead atoms. The van der Waals surface area contributed by atoms with Gasteiger partial charge in [0.25, 0.3) is 0 Å². The number of fused-ring (bicyclic) bond motifs is 1. The van der Waals surface area contributed by atoms with E-state index in [1.54, 1.807) is 19.4 Å². The summed E-state index contributed by atoms with van der Waals surface area (Å²) in [7, 11) is 1.58. The molecule has 0 radical (unpaired) electrons. The molecule has 3 rings (SSSR count). The van der Waals surface area contributed by atoms with Crippen molar-refractivity contribution in [2.45, 2.75) is 26.8 Å². The quantitative estimate of drug-likeness (QED) is 0.781. The van der Waals surface area contributed by atoms with Crippen LogP contribution in [0.2, 0.25) is 0 Å². The third kappa shape index (κ3) is 3.22. The Kier molecular flexibility index (Phi) is 4.46. The Hall–Kier alpha value is -2.89. The Bertz CT molecular complexity index is 886. The molecule has 6 nitrogen and oxygen atoms in total. The zero-order chi connectivity index (χ0) is 17.1. The number of pyridine rings is 2. The first-order valence-electron chi connectivity index (χ1n) is 7.77. The van der Waals surface area contributed by atoms with E-state index in [0.717, 1.165) is 28.2 Å². The van der Waals surface area contributed by atoms with E-state index in [0.29, 0.717) is 12.4 Å². The molecule has 6 heteroatoms. The second-order valence-corrected chi connectivity index (χ2v) is 5.69. The fourth-order valence-corrected chi connectivity index (χ4v) is 2.62. The number of hydrogen-bond donors (Lipinski definition) is 1. The minimum atomic E-state index is -0.0477. The molecule has 0 fully saturated rings. The summed E-state index contributed by atoms with van der Waals surface area (Å²) in [6.45, 7) is 4.35. The van der Waals surface area contributed by atoms with Crippen LogP contribution in [0.1, 0.15) is 22.5 Å². The van der Waals surface area contributed by atoms with Crippen molar-refractivity contribution in [1.82, 2.24) is 19.7 Å². The Morgan fingerprint density at radius 2 is 2.12 bits per heavy atom. The average molecular weight is 324 g/mol. The molecule has 0 atom stereocenters. The topological polar surface area (TPSA) is 68.5 Å². The second kappa shape index (κ2) is 6.70. The van der Waals surface area contributed by atoms with Gasteiger partial charge in [0.05, 0.1) is 19.2 Å². The number of imidazole rings is 1. The molecular weight excluding hydrogens is 304 g/mol. The van der Waals surface area contributed by atoms with E-state index < -0.39 is 0 Å². The van der Waals surface area contributed by atoms with Crippen molar-refractivity contribution in [3.8, 4) is 5.88 Å². The molecule has 0 spiro atoms. The largest absolute Gasteiger partial charge is 0.481 e. The third-order valence-electron chi connectivity index (χ3n) is 4.00. The van der Waals surface area contributed by atoms with E-state index in [-0.39, 0.29) is 12.3 Å². The van der Waals surface area contributed by atoms with Gasteiger partial charge in [-0.1, -0.05) is 12.1 Å². The fraction of sp³-hybridized carbons (Fsp3) is 0.278. The zero-order valence-electron chi connectivity index (χ0n) is 14.0. The van der Waals surface area contributed by atoms with Crippen LogP contribution in [0.25, 0.3) is 5.65 Å². The molecule has 0 unspecified atom stereocenters. The molecule has 0 aromatic carbocycles. The monoisotopic (exact) mass is 324 g/mol. The van der Waals surface area contributed by atoms with Crippen LogP contribution in [0.5, 0.6) is 5.88 Å². The molecule has 124 valence electrons. The van der Waals surface area contributed by atoms with Crippen molar-refractivity contribution >= 4 is 11.6 Å². The molecular formula is C18H20N4O2. The average Bonchev–Trinajstić information content (AvgIpc) is 2.98. The van der Waals surface area contributed by atoms with Crippen LogP contribution >= 0.6 is 0 Å². The number of carbonyl (C=O) groups is 1. The molecule has 1 N–H and O–H groups in total. The van der Waals surface area contributed by atoms with Crippen molar-refractivity contribution in [2.24, 2.45) is 0 Å². The highest BCUT2D eigenvalue weighted by molar-refractivity contribution is 5.78. The number of ether oxygens (including phenoxy) is 1. The molecule has 0 saturated carbocycles. The minimum absolute atomic E-state index is 0.0477. The molecule has 3 aromatic heterocycles. The number of nitrogens with zero attached hydrogens (tertiary/aromatic N) is 3. The van der Waals surface area contributed by atoms with Crippen molar-refractivity contribution in [3.63, 3.8) is 0 Å². The van der Waals surface area contributed by atoms with Crippen molar-refractivity contribution in [1.29, 1.82) is 0 Å². The summed E-state index contributed by atoms with van der Waals surface area (Å²) in [5, 5.41) is 2.93. The third-order valence-corrected chi connectivity index (χ3v) is 4.00. The normalized spacial score (nSPS) is 10.8. The van der Waals surface area contributed by atoms with E-state index in [4.69, 9.17) is 4.74 Å². The van der Waals surface area contributed by atoms with E-state index in [1.807, 2.05) is 42.6 Å². The summed E-state index contributed by atoms with van der Waals surface area (Å²) in [5.74, 6) is 0.525. The number of rotatable bonds is 5. The van der Waals surface area contributed by atoms with Gasteiger partial charge in [0, 0.05) is 30.7 Å². The highest BCUT2D eigenvalue weighted by Gasteiger charge is 2.10. The lowest BCUT2D eigenvalue weighted by Crippen LogP contribution is -2.25. The van der Waals surface area contributed by atoms with Gasteiger partial charge in [-0.2, -0.15) is 0 Å². The predicted molar refractivity (Wildman–Crippen MR) is 91.0 cm³/mol. The Morgan fingerprint density at radius 1 is 1.29 bits per heavy atom. The number of amides is 1. The first-order chi connectivity index (χ1) is 11.6. The molecule has 0 aliphatic rings. The molecule has 3 heterocycles. The van der Waals surface area contributed by atoms with Crippen molar-refractivity contribution in [2.75, 3.05) is 7.11 Å². The van der Waals surface area contributed by atoms with Gasteiger partial charge in [-0.15, -0.1) is 0 Å². The van der Waals surface area contributed by atoms with Gasteiger partial charge in [-0.05, 0) is 31.0 Å². The SMILES string of the molecule is COc1ccc(CNC(=O)Cc2cnc3c(C)cccn23)c(C)n1. The fourth-order valence-electron chi connectivity index (χ4n) is 2.62. The van der Waals surface area contributed by atoms with Crippen LogP contribution in [0.4, 0.5) is 0 Å². The summed E-state index contributed by atoms with van der Waals surface area (Å²) in [6.07, 6.45) is 3.96. The summed E-state index contributed by atoms with van der Waals surface area (Å²) in [6, 6.07) is 7.67. The predicted octanol–water partition coefficient (Wildman–Crippen LogP) is 2.21. The van der Waals surface area contributed by atoms with Crippen LogP contribution in [0.3, 0.4) is 0 Å². The van der Waals surface area contributed by atoms with Gasteiger partial charge in [0.15, 0.2) is 0 Å². The highest BCUT2D eigenvalue weighted by Crippen LogP contribution is 2.13. The number of hydrogen-bond acceptors (Lipinski definition) is 4. The van der Waals surface area contributed by atoms with Gasteiger partial charge in [0.1, 0.15) is 5.65 Å². The number of carbonyl (C=O) groups excluding carboxylic acids is 1. The number of aryl methyl sites for hydroxylation is 2. The number of methoxy groups -OCH3 is 1. The highest BCUT2D eigenvalue weighted by atomic mass is 16.5. The molecule has 24 heavy (non-hydrogen) atoms. The van der Waals surface area contributed by atoms with E-state index in [2.05, 4.69) is 15.3 Å². The molecule has 3 aromatic rings. The first-order valence-corrected chi connectivity index (χ1v) is 7.77. The van der Waals surface area contributed by atoms with Gasteiger partial charge in [-0.25, -0.2) is 9.97 Å². The van der Waals surface area contributed by atoms with Crippen LogP contribution in [-0.4, -0.2) is 27.4 Å². The smallest absolute Gasteiger partial charge is 0.226 e. The number of nitrogens with one attached hydrogen (secondary N) is 1. The van der Waals surface area contributed by atoms with Gasteiger partial charge in [0.2, 0.25) is 11.8 Å². The van der Waals surface area contributed by atoms with E-state index in [9.17, 15) is 4.79 Å². The lowest BCUT2D eigenvalue weighted by atomic mass is 10.2. The Balaban J connectivity index is 1.66. The van der Waals surface area contributed by atoms with Crippen LogP contribution < -0.4 is 10.1 Å². The summed E-state index contributed by atoms with van der Waals surface area (Å²) < 4.78 is 7.04. The van der Waals surface area contributed by atoms with Crippen LogP contribution in [-0.2, 0) is 17.8 Å². The number of aromatic nitrogens is 3. The lowest BCUT2D eigenvalue weighted by Gasteiger charge is -2.09. The van der Waals surface area contributed by atoms with Crippen LogP contribution in [0.15, 0.2) is 36.7 Å². The molecule has 0 saturated heterocycles. The summed E-state index contributed by atoms with van der Waals surface area (Å²) >= 11 is 0. The standard InChI is InChI=1S/C18H20N4O2/c1-12-5-4-8-22-15(11-20-18(12)22)9-16(23)19-10-14-6-7-17(24-3)21-13(14)2/h4-8,11H,9-10H2,1-3H3,(H,19,23). The van der Waals surface area contributed by atoms with E-state index in [1.165, 1.54) is 0 Å². The molecule has 1 amide bonds. The molecule has 0 aliphatic heterocycles. The summed E-state index contributed by atoms with van der Waals surface area (Å²) in [5.41, 5.74) is 4.66. The summed E-state index contributed by atoms with van der Waals surface area (Å²) in [4.78, 5) is 20.9. The maximum atomic E-state index is 12.2. The van der Waals surface area contributed by atoms with E-state index >= 15 is 0 Å². The molecule has 0 aliphatic carbocycles. The van der Waals surface area contributed by atoms with Crippen molar-refractivity contribution in [3.05, 3.63) is 59.2 Å². The maximum Gasteiger partial charge on any atom is 0.226 e. The lowest BCUT2D eigenvalue weighted by molar-refractivity contribution is -0.120. The Morgan fingerprint density at radius 3 is 2.88 bits per heavy atom. The van der Waals surface area contributed by atoms with Gasteiger partial charge >= 0.3 is 0 Å². The first kappa shape index (κ1) is 16.0. The van der Waals surface area contributed by atoms with Crippen molar-refractivity contribution < 1.29 is 9.53 Å².